The molecule has 0 N–H and O–H groups in total. The smallest absolute Gasteiger partial charge is 0.167 e. The van der Waals surface area contributed by atoms with Crippen molar-refractivity contribution < 1.29 is 4.57 Å². The van der Waals surface area contributed by atoms with Crippen molar-refractivity contribution in [2.75, 3.05) is 0 Å². The Morgan fingerprint density at radius 1 is 0.846 bits per heavy atom. The lowest BCUT2D eigenvalue weighted by Crippen LogP contribution is -2.19. The Morgan fingerprint density at radius 3 is 1.77 bits per heavy atom. The molecule has 1 atom stereocenters. The van der Waals surface area contributed by atoms with E-state index >= 15 is 0 Å². The fourth-order valence-corrected chi connectivity index (χ4v) is 7.17. The van der Waals surface area contributed by atoms with Crippen molar-refractivity contribution in [3.63, 3.8) is 0 Å². The Balaban J connectivity index is 2.21. The molecule has 0 saturated heterocycles. The lowest BCUT2D eigenvalue weighted by molar-refractivity contribution is 0.588. The first-order valence-corrected chi connectivity index (χ1v) is 11.2. The molecule has 0 aliphatic carbocycles. The monoisotopic (exact) mass is 424 g/mol. The molecule has 0 radical (unpaired) electrons. The molecule has 0 heterocycles. The molecule has 0 aromatic heterocycles. The maximum Gasteiger partial charge on any atom is 0.167 e. The summed E-state index contributed by atoms with van der Waals surface area (Å²) in [5.41, 5.74) is 1.15. The maximum atomic E-state index is 14.6. The van der Waals surface area contributed by atoms with E-state index < -0.39 is 7.14 Å². The molecule has 0 aliphatic rings. The van der Waals surface area contributed by atoms with Crippen molar-refractivity contribution in [1.29, 1.82) is 0 Å². The standard InChI is InChI=1S/C23H22BrOP/c1-3-23(18(2)21-16-10-11-17-22(21)24)26(25,19-12-6-4-7-13-19)20-14-8-5-9-15-20/h3-18H,1-2H3/b23-3+/t18-/m0/s1. The third kappa shape index (κ3) is 3.49. The highest BCUT2D eigenvalue weighted by molar-refractivity contribution is 9.10. The average molecular weight is 425 g/mol. The molecule has 3 aromatic carbocycles. The van der Waals surface area contributed by atoms with Crippen LogP contribution in [-0.4, -0.2) is 0 Å². The zero-order valence-electron chi connectivity index (χ0n) is 15.0. The molecule has 0 unspecified atom stereocenters. The number of benzene rings is 3. The lowest BCUT2D eigenvalue weighted by atomic mass is 10.0. The predicted octanol–water partition coefficient (Wildman–Crippen LogP) is 6.47. The number of rotatable bonds is 5. The summed E-state index contributed by atoms with van der Waals surface area (Å²) in [7, 11) is -2.94. The van der Waals surface area contributed by atoms with Crippen LogP contribution in [0.3, 0.4) is 0 Å². The number of halogens is 1. The van der Waals surface area contributed by atoms with Crippen LogP contribution < -0.4 is 10.6 Å². The van der Waals surface area contributed by atoms with Gasteiger partial charge in [0.1, 0.15) is 0 Å². The minimum Gasteiger partial charge on any atom is -0.309 e. The molecule has 0 bridgehead atoms. The third-order valence-corrected chi connectivity index (χ3v) is 8.86. The first-order chi connectivity index (χ1) is 12.6. The van der Waals surface area contributed by atoms with E-state index in [1.54, 1.807) is 0 Å². The number of hydrogen-bond acceptors (Lipinski definition) is 1. The molecule has 0 saturated carbocycles. The second-order valence-corrected chi connectivity index (χ2v) is 9.86. The van der Waals surface area contributed by atoms with E-state index in [9.17, 15) is 4.57 Å². The topological polar surface area (TPSA) is 17.1 Å². The van der Waals surface area contributed by atoms with Crippen LogP contribution in [0.1, 0.15) is 25.3 Å². The highest BCUT2D eigenvalue weighted by atomic mass is 79.9. The van der Waals surface area contributed by atoms with Gasteiger partial charge < -0.3 is 4.57 Å². The Morgan fingerprint density at radius 2 is 1.31 bits per heavy atom. The van der Waals surface area contributed by atoms with Crippen molar-refractivity contribution in [2.24, 2.45) is 0 Å². The minimum absolute atomic E-state index is 0.0295. The van der Waals surface area contributed by atoms with Gasteiger partial charge in [0.05, 0.1) is 0 Å². The van der Waals surface area contributed by atoms with Crippen molar-refractivity contribution in [1.82, 2.24) is 0 Å². The first kappa shape index (κ1) is 18.9. The molecule has 3 rings (SSSR count). The van der Waals surface area contributed by atoms with Crippen LogP contribution in [0.5, 0.6) is 0 Å². The summed E-state index contributed by atoms with van der Waals surface area (Å²) >= 11 is 3.66. The van der Waals surface area contributed by atoms with Gasteiger partial charge >= 0.3 is 0 Å². The van der Waals surface area contributed by atoms with E-state index in [0.29, 0.717) is 0 Å². The van der Waals surface area contributed by atoms with E-state index in [1.165, 1.54) is 0 Å². The molecule has 1 nitrogen and oxygen atoms in total. The van der Waals surface area contributed by atoms with E-state index in [4.69, 9.17) is 0 Å². The molecule has 3 heteroatoms. The van der Waals surface area contributed by atoms with Crippen LogP contribution >= 0.6 is 23.1 Å². The first-order valence-electron chi connectivity index (χ1n) is 8.71. The van der Waals surface area contributed by atoms with Crippen LogP contribution in [-0.2, 0) is 4.57 Å². The molecule has 0 aliphatic heterocycles. The average Bonchev–Trinajstić information content (AvgIpc) is 2.70. The quantitative estimate of drug-likeness (QED) is 0.428. The number of allylic oxidation sites excluding steroid dienone is 2. The summed E-state index contributed by atoms with van der Waals surface area (Å²) in [4.78, 5) is 0. The second-order valence-electron chi connectivity index (χ2n) is 6.24. The number of hydrogen-bond donors (Lipinski definition) is 0. The molecule has 132 valence electrons. The summed E-state index contributed by atoms with van der Waals surface area (Å²) < 4.78 is 15.6. The van der Waals surface area contributed by atoms with Crippen molar-refractivity contribution in [3.05, 3.63) is 106 Å². The van der Waals surface area contributed by atoms with E-state index in [2.05, 4.69) is 28.9 Å². The van der Waals surface area contributed by atoms with Gasteiger partial charge in [-0.05, 0) is 18.6 Å². The zero-order valence-corrected chi connectivity index (χ0v) is 17.5. The third-order valence-electron chi connectivity index (χ3n) is 4.71. The summed E-state index contributed by atoms with van der Waals surface area (Å²) in [6.07, 6.45) is 2.03. The van der Waals surface area contributed by atoms with Crippen LogP contribution in [0.2, 0.25) is 0 Å². The van der Waals surface area contributed by atoms with E-state index in [-0.39, 0.29) is 5.92 Å². The minimum atomic E-state index is -2.94. The SMILES string of the molecule is C/C=C(\[C@@H](C)c1ccccc1Br)P(=O)(c1ccccc1)c1ccccc1. The molecular formula is C23H22BrOP. The normalized spacial score (nSPS) is 13.4. The van der Waals surface area contributed by atoms with Gasteiger partial charge in [-0.1, -0.05) is 108 Å². The summed E-state index contributed by atoms with van der Waals surface area (Å²) in [5.74, 6) is 0.0295. The van der Waals surface area contributed by atoms with E-state index in [1.807, 2.05) is 91.9 Å². The Labute approximate surface area is 164 Å². The molecule has 0 fully saturated rings. The van der Waals surface area contributed by atoms with Gasteiger partial charge in [0.15, 0.2) is 7.14 Å². The Kier molecular flexibility index (Phi) is 5.96. The van der Waals surface area contributed by atoms with Gasteiger partial charge in [-0.2, -0.15) is 0 Å². The molecule has 0 spiro atoms. The van der Waals surface area contributed by atoms with Crippen LogP contribution in [0.25, 0.3) is 0 Å². The van der Waals surface area contributed by atoms with Gasteiger partial charge in [-0.3, -0.25) is 0 Å². The highest BCUT2D eigenvalue weighted by Gasteiger charge is 2.35. The predicted molar refractivity (Wildman–Crippen MR) is 116 cm³/mol. The van der Waals surface area contributed by atoms with Crippen molar-refractivity contribution in [3.8, 4) is 0 Å². The molecule has 3 aromatic rings. The highest BCUT2D eigenvalue weighted by Crippen LogP contribution is 2.57. The van der Waals surface area contributed by atoms with Gasteiger partial charge in [-0.15, -0.1) is 0 Å². The van der Waals surface area contributed by atoms with Gasteiger partial charge in [0.2, 0.25) is 0 Å². The van der Waals surface area contributed by atoms with Gasteiger partial charge in [-0.25, -0.2) is 0 Å². The van der Waals surface area contributed by atoms with Crippen LogP contribution in [0, 0.1) is 0 Å². The summed E-state index contributed by atoms with van der Waals surface area (Å²) in [5, 5.41) is 2.71. The van der Waals surface area contributed by atoms with Crippen molar-refractivity contribution >= 4 is 33.7 Å². The van der Waals surface area contributed by atoms with Crippen LogP contribution in [0.4, 0.5) is 0 Å². The van der Waals surface area contributed by atoms with Gasteiger partial charge in [0, 0.05) is 26.3 Å². The Bertz CT molecular complexity index is 905. The fraction of sp³-hybridized carbons (Fsp3) is 0.130. The molecular weight excluding hydrogens is 403 g/mol. The second kappa shape index (κ2) is 8.20. The van der Waals surface area contributed by atoms with Crippen molar-refractivity contribution in [2.45, 2.75) is 19.8 Å². The summed E-state index contributed by atoms with van der Waals surface area (Å²) in [6, 6.07) is 27.8. The maximum absolute atomic E-state index is 14.6. The lowest BCUT2D eigenvalue weighted by Gasteiger charge is -2.27. The summed E-state index contributed by atoms with van der Waals surface area (Å²) in [6.45, 7) is 4.12. The van der Waals surface area contributed by atoms with Gasteiger partial charge in [0.25, 0.3) is 0 Å². The fourth-order valence-electron chi connectivity index (χ4n) is 3.41. The van der Waals surface area contributed by atoms with Crippen LogP contribution in [0.15, 0.2) is 101 Å². The molecule has 0 amide bonds. The van der Waals surface area contributed by atoms with E-state index in [0.717, 1.165) is 26.0 Å². The zero-order chi connectivity index (χ0) is 18.6. The Hall–Kier alpha value is -1.89. The molecule has 26 heavy (non-hydrogen) atoms. The largest absolute Gasteiger partial charge is 0.309 e.